The lowest BCUT2D eigenvalue weighted by Gasteiger charge is -2.03. The van der Waals surface area contributed by atoms with Crippen LogP contribution in [-0.4, -0.2) is 31.2 Å². The molecule has 0 aliphatic carbocycles. The quantitative estimate of drug-likeness (QED) is 0.230. The van der Waals surface area contributed by atoms with E-state index in [-0.39, 0.29) is 10.1 Å². The molecule has 3 aromatic rings. The Morgan fingerprint density at radius 1 is 0.929 bits per heavy atom. The summed E-state index contributed by atoms with van der Waals surface area (Å²) in [5, 5.41) is 3.30. The molecule has 0 saturated carbocycles. The normalized spacial score (nSPS) is 11.8. The average Bonchev–Trinajstić information content (AvgIpc) is 2.72. The van der Waals surface area contributed by atoms with Crippen LogP contribution in [0.5, 0.6) is 5.75 Å². The molecule has 0 fully saturated rings. The van der Waals surface area contributed by atoms with Crippen molar-refractivity contribution in [2.75, 3.05) is 0 Å². The second-order valence-electron chi connectivity index (χ2n) is 5.16. The van der Waals surface area contributed by atoms with Gasteiger partial charge in [0.05, 0.1) is 15.1 Å². The largest absolute Gasteiger partial charge is 0.442 e. The van der Waals surface area contributed by atoms with Crippen LogP contribution in [0.25, 0.3) is 0 Å². The number of ether oxygens (including phenoxy) is 1. The third-order valence-corrected chi connectivity index (χ3v) is 5.26. The maximum Gasteiger partial charge on any atom is 0.252 e. The first-order valence-corrected chi connectivity index (χ1v) is 10.1. The van der Waals surface area contributed by atoms with Crippen molar-refractivity contribution in [3.05, 3.63) is 71.5 Å². The SMILES string of the molecule is O=S(=O)(c1ccc(/N=C/O/N=C/Oc2ccccc2)cc1)c1ncc(Br)cn1. The van der Waals surface area contributed by atoms with Crippen molar-refractivity contribution in [1.29, 1.82) is 0 Å². The number of aliphatic imine (C=N–C) groups is 1. The van der Waals surface area contributed by atoms with E-state index in [1.54, 1.807) is 12.1 Å². The summed E-state index contributed by atoms with van der Waals surface area (Å²) in [6, 6.07) is 15.0. The number of hydrogen-bond acceptors (Lipinski definition) is 8. The van der Waals surface area contributed by atoms with Gasteiger partial charge in [-0.2, -0.15) is 0 Å². The first-order valence-electron chi connectivity index (χ1n) is 7.80. The zero-order valence-corrected chi connectivity index (χ0v) is 16.6. The van der Waals surface area contributed by atoms with Crippen LogP contribution in [0, 0.1) is 0 Å². The number of aromatic nitrogens is 2. The molecule has 0 bridgehead atoms. The van der Waals surface area contributed by atoms with E-state index in [1.807, 2.05) is 18.2 Å². The molecule has 0 unspecified atom stereocenters. The molecule has 0 amide bonds. The fraction of sp³-hybridized carbons (Fsp3) is 0. The Hall–Kier alpha value is -3.11. The molecule has 0 aliphatic heterocycles. The van der Waals surface area contributed by atoms with Gasteiger partial charge in [-0.15, -0.1) is 0 Å². The molecule has 142 valence electrons. The first kappa shape index (κ1) is 19.6. The third-order valence-electron chi connectivity index (χ3n) is 3.27. The molecular weight excluding hydrogens is 448 g/mol. The monoisotopic (exact) mass is 460 g/mol. The van der Waals surface area contributed by atoms with Gasteiger partial charge in [0.15, 0.2) is 0 Å². The fourth-order valence-electron chi connectivity index (χ4n) is 1.97. The van der Waals surface area contributed by atoms with E-state index in [0.717, 1.165) is 12.8 Å². The number of nitrogens with zero attached hydrogens (tertiary/aromatic N) is 4. The van der Waals surface area contributed by atoms with Gasteiger partial charge in [-0.3, -0.25) is 0 Å². The average molecular weight is 461 g/mol. The van der Waals surface area contributed by atoms with Crippen molar-refractivity contribution >= 4 is 44.3 Å². The van der Waals surface area contributed by atoms with Crippen LogP contribution in [0.3, 0.4) is 0 Å². The lowest BCUT2D eigenvalue weighted by Crippen LogP contribution is -2.06. The van der Waals surface area contributed by atoms with E-state index < -0.39 is 9.84 Å². The predicted octanol–water partition coefficient (Wildman–Crippen LogP) is 3.77. The summed E-state index contributed by atoms with van der Waals surface area (Å²) < 4.78 is 30.7. The van der Waals surface area contributed by atoms with E-state index in [2.05, 4.69) is 36.0 Å². The standard InChI is InChI=1S/C18H13BrN4O4S/c19-14-10-20-18(21-11-14)28(24,25)17-8-6-15(7-9-17)22-12-27-23-13-26-16-4-2-1-3-5-16/h1-13H/b22-12+,23-13+. The van der Waals surface area contributed by atoms with Gasteiger partial charge >= 0.3 is 0 Å². The van der Waals surface area contributed by atoms with Crippen molar-refractivity contribution in [2.24, 2.45) is 10.1 Å². The molecule has 0 spiro atoms. The summed E-state index contributed by atoms with van der Waals surface area (Å²) in [5.41, 5.74) is 0.481. The molecule has 0 N–H and O–H groups in total. The first-order chi connectivity index (χ1) is 13.6. The molecule has 0 atom stereocenters. The lowest BCUT2D eigenvalue weighted by molar-refractivity contribution is 0.335. The molecular formula is C18H13BrN4O4S. The minimum atomic E-state index is -3.80. The minimum absolute atomic E-state index is 0.0592. The Morgan fingerprint density at radius 3 is 2.29 bits per heavy atom. The van der Waals surface area contributed by atoms with Gasteiger partial charge in [-0.1, -0.05) is 18.2 Å². The molecule has 1 heterocycles. The van der Waals surface area contributed by atoms with Crippen molar-refractivity contribution < 1.29 is 18.0 Å². The fourth-order valence-corrected chi connectivity index (χ4v) is 3.27. The lowest BCUT2D eigenvalue weighted by atomic mass is 10.3. The summed E-state index contributed by atoms with van der Waals surface area (Å²) in [4.78, 5) is 16.6. The highest BCUT2D eigenvalue weighted by atomic mass is 79.9. The molecule has 0 radical (unpaired) electrons. The Bertz CT molecular complexity index is 1070. The van der Waals surface area contributed by atoms with Crippen LogP contribution in [0.1, 0.15) is 0 Å². The summed E-state index contributed by atoms with van der Waals surface area (Å²) >= 11 is 3.16. The molecule has 10 heteroatoms. The van der Waals surface area contributed by atoms with Crippen molar-refractivity contribution in [2.45, 2.75) is 10.1 Å². The summed E-state index contributed by atoms with van der Waals surface area (Å²) in [7, 11) is -3.80. The molecule has 8 nitrogen and oxygen atoms in total. The third kappa shape index (κ3) is 5.21. The number of rotatable bonds is 7. The van der Waals surface area contributed by atoms with Crippen LogP contribution in [-0.2, 0) is 14.7 Å². The van der Waals surface area contributed by atoms with Gasteiger partial charge in [-0.25, -0.2) is 23.4 Å². The number of sulfone groups is 1. The van der Waals surface area contributed by atoms with Gasteiger partial charge in [0.25, 0.3) is 5.16 Å². The Morgan fingerprint density at radius 2 is 1.61 bits per heavy atom. The number of oxime groups is 1. The van der Waals surface area contributed by atoms with Crippen LogP contribution in [0.2, 0.25) is 0 Å². The van der Waals surface area contributed by atoms with Crippen molar-refractivity contribution in [3.63, 3.8) is 0 Å². The highest BCUT2D eigenvalue weighted by Gasteiger charge is 2.20. The van der Waals surface area contributed by atoms with Crippen molar-refractivity contribution in [1.82, 2.24) is 9.97 Å². The van der Waals surface area contributed by atoms with Crippen LogP contribution in [0.15, 0.2) is 91.7 Å². The Balaban J connectivity index is 1.58. The van der Waals surface area contributed by atoms with Crippen molar-refractivity contribution in [3.8, 4) is 5.75 Å². The molecule has 3 rings (SSSR count). The van der Waals surface area contributed by atoms with E-state index >= 15 is 0 Å². The number of halogens is 1. The topological polar surface area (TPSA) is 103 Å². The van der Waals surface area contributed by atoms with Crippen LogP contribution < -0.4 is 4.74 Å². The molecule has 0 aliphatic rings. The van der Waals surface area contributed by atoms with Gasteiger partial charge in [0, 0.05) is 12.4 Å². The number of para-hydroxylation sites is 1. The molecule has 2 aromatic carbocycles. The summed E-state index contributed by atoms with van der Waals surface area (Å²) in [5.74, 6) is 0.623. The number of hydrogen-bond donors (Lipinski definition) is 0. The highest BCUT2D eigenvalue weighted by molar-refractivity contribution is 9.10. The van der Waals surface area contributed by atoms with Gasteiger partial charge in [0.2, 0.25) is 22.6 Å². The maximum absolute atomic E-state index is 12.5. The van der Waals surface area contributed by atoms with Gasteiger partial charge < -0.3 is 9.57 Å². The summed E-state index contributed by atoms with van der Waals surface area (Å²) in [6.45, 7) is 0. The zero-order valence-electron chi connectivity index (χ0n) is 14.2. The predicted molar refractivity (Wildman–Crippen MR) is 106 cm³/mol. The Kier molecular flexibility index (Phi) is 6.45. The van der Waals surface area contributed by atoms with E-state index in [9.17, 15) is 8.42 Å². The van der Waals surface area contributed by atoms with Crippen LogP contribution >= 0.6 is 15.9 Å². The van der Waals surface area contributed by atoms with E-state index in [0.29, 0.717) is 15.9 Å². The van der Waals surface area contributed by atoms with E-state index in [1.165, 1.54) is 36.7 Å². The molecule has 28 heavy (non-hydrogen) atoms. The zero-order chi connectivity index (χ0) is 19.8. The van der Waals surface area contributed by atoms with Gasteiger partial charge in [0.1, 0.15) is 5.75 Å². The minimum Gasteiger partial charge on any atom is -0.442 e. The summed E-state index contributed by atoms with van der Waals surface area (Å²) in [6.07, 6.45) is 4.98. The molecule has 0 saturated heterocycles. The Labute approximate surface area is 169 Å². The second kappa shape index (κ2) is 9.20. The maximum atomic E-state index is 12.5. The van der Waals surface area contributed by atoms with E-state index in [4.69, 9.17) is 9.57 Å². The second-order valence-corrected chi connectivity index (χ2v) is 7.92. The molecule has 1 aromatic heterocycles. The number of benzene rings is 2. The van der Waals surface area contributed by atoms with Gasteiger partial charge in [-0.05, 0) is 57.5 Å². The smallest absolute Gasteiger partial charge is 0.252 e. The van der Waals surface area contributed by atoms with Crippen LogP contribution in [0.4, 0.5) is 5.69 Å². The highest BCUT2D eigenvalue weighted by Crippen LogP contribution is 2.21.